The Morgan fingerprint density at radius 3 is 2.50 bits per heavy atom. The third-order valence-electron chi connectivity index (χ3n) is 1.49. The highest BCUT2D eigenvalue weighted by molar-refractivity contribution is 5.39. The molecule has 0 spiro atoms. The molecule has 1 aromatic heterocycles. The highest BCUT2D eigenvalue weighted by Crippen LogP contribution is 2.15. The summed E-state index contributed by atoms with van der Waals surface area (Å²) in [6, 6.07) is 1.77. The lowest BCUT2D eigenvalue weighted by atomic mass is 10.3. The molecule has 1 aromatic rings. The molecule has 3 N–H and O–H groups in total. The highest BCUT2D eigenvalue weighted by atomic mass is 16.3. The summed E-state index contributed by atoms with van der Waals surface area (Å²) in [7, 11) is 1.86. The quantitative estimate of drug-likeness (QED) is 0.602. The lowest BCUT2D eigenvalue weighted by molar-refractivity contribution is 0.190. The zero-order valence-corrected chi connectivity index (χ0v) is 6.20. The van der Waals surface area contributed by atoms with Crippen molar-refractivity contribution in [2.45, 2.75) is 13.0 Å². The second kappa shape index (κ2) is 2.34. The number of nitrogens with zero attached hydrogens (tertiary/aromatic N) is 1. The Morgan fingerprint density at radius 2 is 2.30 bits per heavy atom. The van der Waals surface area contributed by atoms with Crippen molar-refractivity contribution in [2.24, 2.45) is 7.05 Å². The van der Waals surface area contributed by atoms with E-state index in [0.717, 1.165) is 5.69 Å². The molecule has 1 rings (SSSR count). The van der Waals surface area contributed by atoms with Gasteiger partial charge in [-0.15, -0.1) is 0 Å². The van der Waals surface area contributed by atoms with Gasteiger partial charge in [-0.05, 0) is 13.0 Å². The second-order valence-corrected chi connectivity index (χ2v) is 2.49. The van der Waals surface area contributed by atoms with Gasteiger partial charge in [-0.25, -0.2) is 0 Å². The average molecular weight is 140 g/mol. The number of aryl methyl sites for hydroxylation is 1. The third kappa shape index (κ3) is 1.14. The van der Waals surface area contributed by atoms with Crippen LogP contribution in [0.2, 0.25) is 0 Å². The maximum atomic E-state index is 9.14. The van der Waals surface area contributed by atoms with Crippen molar-refractivity contribution in [2.75, 3.05) is 5.73 Å². The lowest BCUT2D eigenvalue weighted by Gasteiger charge is -2.03. The molecule has 0 aliphatic rings. The van der Waals surface area contributed by atoms with Gasteiger partial charge in [-0.3, -0.25) is 0 Å². The minimum Gasteiger partial charge on any atom is -0.397 e. The molecule has 0 saturated carbocycles. The van der Waals surface area contributed by atoms with Crippen LogP contribution in [-0.4, -0.2) is 9.67 Å². The van der Waals surface area contributed by atoms with E-state index in [1.807, 2.05) is 11.6 Å². The van der Waals surface area contributed by atoms with Gasteiger partial charge in [0.05, 0.1) is 6.10 Å². The van der Waals surface area contributed by atoms with Gasteiger partial charge in [0.25, 0.3) is 0 Å². The van der Waals surface area contributed by atoms with E-state index in [0.29, 0.717) is 5.69 Å². The topological polar surface area (TPSA) is 51.2 Å². The summed E-state index contributed by atoms with van der Waals surface area (Å²) in [4.78, 5) is 0. The fourth-order valence-electron chi connectivity index (χ4n) is 1.02. The van der Waals surface area contributed by atoms with Crippen molar-refractivity contribution in [3.8, 4) is 0 Å². The van der Waals surface area contributed by atoms with Crippen LogP contribution < -0.4 is 5.73 Å². The summed E-state index contributed by atoms with van der Waals surface area (Å²) in [5, 5.41) is 9.14. The standard InChI is InChI=1S/C7H12N2O/c1-5(10)7-3-6(8)4-9(7)2/h3-5,10H,8H2,1-2H3. The van der Waals surface area contributed by atoms with Gasteiger partial charge in [0.1, 0.15) is 0 Å². The van der Waals surface area contributed by atoms with E-state index in [-0.39, 0.29) is 0 Å². The number of nitrogens with two attached hydrogens (primary N) is 1. The predicted octanol–water partition coefficient (Wildman–Crippen LogP) is 0.661. The van der Waals surface area contributed by atoms with Crippen LogP contribution in [0.25, 0.3) is 0 Å². The van der Waals surface area contributed by atoms with Gasteiger partial charge in [-0.2, -0.15) is 0 Å². The maximum Gasteiger partial charge on any atom is 0.0912 e. The van der Waals surface area contributed by atoms with Crippen molar-refractivity contribution in [3.63, 3.8) is 0 Å². The molecule has 0 aromatic carbocycles. The molecule has 1 unspecified atom stereocenters. The molecular formula is C7H12N2O. The van der Waals surface area contributed by atoms with Crippen LogP contribution in [-0.2, 0) is 7.05 Å². The van der Waals surface area contributed by atoms with E-state index in [4.69, 9.17) is 10.8 Å². The van der Waals surface area contributed by atoms with Crippen molar-refractivity contribution >= 4 is 5.69 Å². The largest absolute Gasteiger partial charge is 0.397 e. The fraction of sp³-hybridized carbons (Fsp3) is 0.429. The van der Waals surface area contributed by atoms with E-state index < -0.39 is 6.10 Å². The molecule has 3 heteroatoms. The molecule has 0 aliphatic carbocycles. The average Bonchev–Trinajstić information content (AvgIpc) is 2.10. The number of aliphatic hydroxyl groups is 1. The van der Waals surface area contributed by atoms with Crippen LogP contribution in [0.1, 0.15) is 18.7 Å². The first kappa shape index (κ1) is 7.15. The van der Waals surface area contributed by atoms with Gasteiger partial charge in [-0.1, -0.05) is 0 Å². The minimum atomic E-state index is -0.442. The van der Waals surface area contributed by atoms with E-state index >= 15 is 0 Å². The van der Waals surface area contributed by atoms with Gasteiger partial charge >= 0.3 is 0 Å². The molecule has 56 valence electrons. The van der Waals surface area contributed by atoms with Crippen LogP contribution in [0.5, 0.6) is 0 Å². The Morgan fingerprint density at radius 1 is 1.70 bits per heavy atom. The van der Waals surface area contributed by atoms with Gasteiger partial charge < -0.3 is 15.4 Å². The SMILES string of the molecule is CC(O)c1cc(N)cn1C. The van der Waals surface area contributed by atoms with Crippen LogP contribution >= 0.6 is 0 Å². The molecule has 1 atom stereocenters. The zero-order valence-electron chi connectivity index (χ0n) is 6.20. The molecule has 0 saturated heterocycles. The van der Waals surface area contributed by atoms with Crippen molar-refractivity contribution in [1.29, 1.82) is 0 Å². The van der Waals surface area contributed by atoms with Crippen LogP contribution in [0, 0.1) is 0 Å². The van der Waals surface area contributed by atoms with E-state index in [2.05, 4.69) is 0 Å². The van der Waals surface area contributed by atoms with Crippen LogP contribution in [0.4, 0.5) is 5.69 Å². The Balaban J connectivity index is 3.03. The monoisotopic (exact) mass is 140 g/mol. The minimum absolute atomic E-state index is 0.442. The summed E-state index contributed by atoms with van der Waals surface area (Å²) >= 11 is 0. The molecule has 0 radical (unpaired) electrons. The van der Waals surface area contributed by atoms with Crippen molar-refractivity contribution < 1.29 is 5.11 Å². The first-order chi connectivity index (χ1) is 4.61. The summed E-state index contributed by atoms with van der Waals surface area (Å²) in [6.45, 7) is 1.72. The van der Waals surface area contributed by atoms with Gasteiger partial charge in [0.15, 0.2) is 0 Å². The van der Waals surface area contributed by atoms with Crippen molar-refractivity contribution in [3.05, 3.63) is 18.0 Å². The molecule has 1 heterocycles. The number of hydrogen-bond acceptors (Lipinski definition) is 2. The molecule has 0 fully saturated rings. The molecule has 0 bridgehead atoms. The number of aliphatic hydroxyl groups excluding tert-OH is 1. The number of hydrogen-bond donors (Lipinski definition) is 2. The summed E-state index contributed by atoms with van der Waals surface area (Å²) in [5.74, 6) is 0. The summed E-state index contributed by atoms with van der Waals surface area (Å²) in [5.41, 5.74) is 7.02. The number of nitrogen functional groups attached to an aromatic ring is 1. The zero-order chi connectivity index (χ0) is 7.72. The van der Waals surface area contributed by atoms with Gasteiger partial charge in [0, 0.05) is 24.6 Å². The van der Waals surface area contributed by atoms with Crippen molar-refractivity contribution in [1.82, 2.24) is 4.57 Å². The first-order valence-electron chi connectivity index (χ1n) is 3.21. The predicted molar refractivity (Wildman–Crippen MR) is 40.5 cm³/mol. The van der Waals surface area contributed by atoms with Crippen LogP contribution in [0.3, 0.4) is 0 Å². The smallest absolute Gasteiger partial charge is 0.0912 e. The maximum absolute atomic E-state index is 9.14. The Kier molecular flexibility index (Phi) is 1.68. The number of anilines is 1. The summed E-state index contributed by atoms with van der Waals surface area (Å²) < 4.78 is 1.82. The fourth-order valence-corrected chi connectivity index (χ4v) is 1.02. The molecular weight excluding hydrogens is 128 g/mol. The van der Waals surface area contributed by atoms with Crippen LogP contribution in [0.15, 0.2) is 12.3 Å². The van der Waals surface area contributed by atoms with E-state index in [1.54, 1.807) is 19.2 Å². The normalized spacial score (nSPS) is 13.5. The molecule has 3 nitrogen and oxygen atoms in total. The Hall–Kier alpha value is -0.960. The number of aromatic nitrogens is 1. The Labute approximate surface area is 60.1 Å². The van der Waals surface area contributed by atoms with E-state index in [1.165, 1.54) is 0 Å². The van der Waals surface area contributed by atoms with Gasteiger partial charge in [0.2, 0.25) is 0 Å². The molecule has 0 aliphatic heterocycles. The first-order valence-corrected chi connectivity index (χ1v) is 3.21. The van der Waals surface area contributed by atoms with E-state index in [9.17, 15) is 0 Å². The third-order valence-corrected chi connectivity index (χ3v) is 1.49. The second-order valence-electron chi connectivity index (χ2n) is 2.49. The molecule has 10 heavy (non-hydrogen) atoms. The lowest BCUT2D eigenvalue weighted by Crippen LogP contribution is -1.98. The summed E-state index contributed by atoms with van der Waals surface area (Å²) in [6.07, 6.45) is 1.34. The highest BCUT2D eigenvalue weighted by Gasteiger charge is 2.04. The number of rotatable bonds is 1. The molecule has 0 amide bonds. The Bertz CT molecular complexity index is 228.